The molecule has 0 spiro atoms. The number of nitrogens with one attached hydrogen (secondary N) is 1. The minimum atomic E-state index is -4.26. The quantitative estimate of drug-likeness (QED) is 0.243. The zero-order valence-corrected chi connectivity index (χ0v) is 22.6. The molecule has 5 rings (SSSR count). The summed E-state index contributed by atoms with van der Waals surface area (Å²) in [4.78, 5) is 15.4. The Hall–Kier alpha value is -3.78. The van der Waals surface area contributed by atoms with Gasteiger partial charge in [0.1, 0.15) is 0 Å². The summed E-state index contributed by atoms with van der Waals surface area (Å²) in [5.41, 5.74) is 2.39. The first kappa shape index (κ1) is 25.9. The van der Waals surface area contributed by atoms with Crippen LogP contribution in [-0.4, -0.2) is 20.9 Å². The second-order valence-corrected chi connectivity index (χ2v) is 11.8. The number of amides is 1. The van der Waals surface area contributed by atoms with Gasteiger partial charge in [-0.2, -0.15) is 0 Å². The molecule has 0 saturated carbocycles. The SMILES string of the molecule is C=CCN1c2ccc(Cl)cc2C(c2ccccc2)=C(C(=O)Nc2ccccc2Sc2ccccc2)S1(=O)=O. The van der Waals surface area contributed by atoms with Crippen molar-refractivity contribution in [3.63, 3.8) is 0 Å². The first-order valence-corrected chi connectivity index (χ1v) is 14.4. The van der Waals surface area contributed by atoms with E-state index in [1.54, 1.807) is 54.6 Å². The maximum absolute atomic E-state index is 14.1. The van der Waals surface area contributed by atoms with Gasteiger partial charge < -0.3 is 5.32 Å². The van der Waals surface area contributed by atoms with Crippen LogP contribution in [0.1, 0.15) is 11.1 Å². The zero-order valence-electron chi connectivity index (χ0n) is 20.2. The fourth-order valence-electron chi connectivity index (χ4n) is 4.31. The van der Waals surface area contributed by atoms with Gasteiger partial charge in [-0.25, -0.2) is 8.42 Å². The van der Waals surface area contributed by atoms with E-state index in [0.29, 0.717) is 33.1 Å². The van der Waals surface area contributed by atoms with Crippen LogP contribution in [0.4, 0.5) is 11.4 Å². The van der Waals surface area contributed by atoms with E-state index < -0.39 is 15.9 Å². The number of anilines is 2. The Kier molecular flexibility index (Phi) is 7.42. The van der Waals surface area contributed by atoms with Crippen molar-refractivity contribution in [3.8, 4) is 0 Å². The summed E-state index contributed by atoms with van der Waals surface area (Å²) in [6.07, 6.45) is 1.49. The number of hydrogen-bond donors (Lipinski definition) is 1. The Bertz CT molecular complexity index is 1650. The third-order valence-electron chi connectivity index (χ3n) is 5.94. The van der Waals surface area contributed by atoms with Gasteiger partial charge in [0.25, 0.3) is 15.9 Å². The summed E-state index contributed by atoms with van der Waals surface area (Å²) >= 11 is 7.84. The summed E-state index contributed by atoms with van der Waals surface area (Å²) in [5.74, 6) is -0.732. The maximum atomic E-state index is 14.1. The van der Waals surface area contributed by atoms with Crippen molar-refractivity contribution < 1.29 is 13.2 Å². The van der Waals surface area contributed by atoms with Gasteiger partial charge in [-0.3, -0.25) is 9.10 Å². The smallest absolute Gasteiger partial charge is 0.270 e. The van der Waals surface area contributed by atoms with Gasteiger partial charge in [0, 0.05) is 26.0 Å². The average Bonchev–Trinajstić information content (AvgIpc) is 2.92. The monoisotopic (exact) mass is 558 g/mol. The Labute approximate surface area is 231 Å². The Morgan fingerprint density at radius 2 is 1.58 bits per heavy atom. The third-order valence-corrected chi connectivity index (χ3v) is 9.09. The highest BCUT2D eigenvalue weighted by Crippen LogP contribution is 2.44. The second-order valence-electron chi connectivity index (χ2n) is 8.42. The molecule has 0 saturated heterocycles. The molecule has 1 aliphatic rings. The molecule has 190 valence electrons. The highest BCUT2D eigenvalue weighted by Gasteiger charge is 2.41. The predicted octanol–water partition coefficient (Wildman–Crippen LogP) is 7.23. The number of para-hydroxylation sites is 1. The van der Waals surface area contributed by atoms with Crippen LogP contribution in [-0.2, 0) is 14.8 Å². The zero-order chi connectivity index (χ0) is 26.7. The molecule has 1 amide bonds. The van der Waals surface area contributed by atoms with E-state index in [1.165, 1.54) is 22.1 Å². The number of halogens is 1. The molecule has 8 heteroatoms. The van der Waals surface area contributed by atoms with Crippen LogP contribution in [0.15, 0.2) is 130 Å². The molecule has 4 aromatic carbocycles. The molecule has 0 atom stereocenters. The van der Waals surface area contributed by atoms with Gasteiger partial charge >= 0.3 is 0 Å². The second kappa shape index (κ2) is 10.9. The maximum Gasteiger partial charge on any atom is 0.270 e. The Balaban J connectivity index is 1.68. The molecule has 0 bridgehead atoms. The van der Waals surface area contributed by atoms with Crippen molar-refractivity contribution in [1.29, 1.82) is 0 Å². The van der Waals surface area contributed by atoms with E-state index >= 15 is 0 Å². The van der Waals surface area contributed by atoms with Gasteiger partial charge in [0.15, 0.2) is 4.91 Å². The lowest BCUT2D eigenvalue weighted by Gasteiger charge is -2.33. The molecular formula is C30H23ClN2O3S2. The van der Waals surface area contributed by atoms with Crippen molar-refractivity contribution in [3.05, 3.63) is 137 Å². The van der Waals surface area contributed by atoms with E-state index in [2.05, 4.69) is 11.9 Å². The number of hydrogen-bond acceptors (Lipinski definition) is 4. The number of fused-ring (bicyclic) bond motifs is 1. The largest absolute Gasteiger partial charge is 0.320 e. The Morgan fingerprint density at radius 3 is 2.29 bits per heavy atom. The number of nitrogens with zero attached hydrogens (tertiary/aromatic N) is 1. The molecule has 0 aliphatic carbocycles. The van der Waals surface area contributed by atoms with Crippen molar-refractivity contribution in [2.45, 2.75) is 9.79 Å². The summed E-state index contributed by atoms with van der Waals surface area (Å²) in [7, 11) is -4.26. The van der Waals surface area contributed by atoms with Crippen molar-refractivity contribution in [1.82, 2.24) is 0 Å². The first-order valence-electron chi connectivity index (χ1n) is 11.8. The topological polar surface area (TPSA) is 66.5 Å². The molecular weight excluding hydrogens is 536 g/mol. The minimum Gasteiger partial charge on any atom is -0.320 e. The van der Waals surface area contributed by atoms with Crippen molar-refractivity contribution in [2.75, 3.05) is 16.2 Å². The molecule has 0 unspecified atom stereocenters. The van der Waals surface area contributed by atoms with Crippen LogP contribution < -0.4 is 9.62 Å². The number of carbonyl (C=O) groups excluding carboxylic acids is 1. The van der Waals surface area contributed by atoms with Gasteiger partial charge in [0.2, 0.25) is 0 Å². The van der Waals surface area contributed by atoms with Gasteiger partial charge in [-0.05, 0) is 48.0 Å². The van der Waals surface area contributed by atoms with E-state index in [-0.39, 0.29) is 11.4 Å². The van der Waals surface area contributed by atoms with E-state index in [4.69, 9.17) is 11.6 Å². The van der Waals surface area contributed by atoms with Crippen LogP contribution in [0.5, 0.6) is 0 Å². The van der Waals surface area contributed by atoms with Crippen LogP contribution >= 0.6 is 23.4 Å². The van der Waals surface area contributed by atoms with E-state index in [1.807, 2.05) is 48.5 Å². The number of benzene rings is 4. The lowest BCUT2D eigenvalue weighted by molar-refractivity contribution is -0.112. The average molecular weight is 559 g/mol. The summed E-state index contributed by atoms with van der Waals surface area (Å²) < 4.78 is 29.3. The fraction of sp³-hybridized carbons (Fsp3) is 0.0333. The lowest BCUT2D eigenvalue weighted by Crippen LogP contribution is -2.39. The summed E-state index contributed by atoms with van der Waals surface area (Å²) in [5, 5.41) is 3.31. The number of rotatable bonds is 7. The standard InChI is InChI=1S/C30H23ClN2O3S2/c1-2-19-33-26-18-17-22(31)20-24(26)28(21-11-5-3-6-12-21)29(38(33,35)36)30(34)32-25-15-9-10-16-27(25)37-23-13-7-4-8-14-23/h2-18,20H,1,19H2,(H,32,34). The summed E-state index contributed by atoms with van der Waals surface area (Å²) in [6.45, 7) is 3.72. The van der Waals surface area contributed by atoms with Crippen LogP contribution in [0.3, 0.4) is 0 Å². The number of carbonyl (C=O) groups is 1. The van der Waals surface area contributed by atoms with Crippen LogP contribution in [0.2, 0.25) is 5.02 Å². The highest BCUT2D eigenvalue weighted by molar-refractivity contribution is 7.99. The molecule has 0 fully saturated rings. The van der Waals surface area contributed by atoms with Crippen LogP contribution in [0, 0.1) is 0 Å². The molecule has 0 radical (unpaired) electrons. The first-order chi connectivity index (χ1) is 18.4. The molecule has 5 nitrogen and oxygen atoms in total. The van der Waals surface area contributed by atoms with Gasteiger partial charge in [0.05, 0.1) is 17.9 Å². The third kappa shape index (κ3) is 5.00. The molecule has 1 N–H and O–H groups in total. The molecule has 1 heterocycles. The van der Waals surface area contributed by atoms with Gasteiger partial charge in [-0.15, -0.1) is 6.58 Å². The molecule has 4 aromatic rings. The highest BCUT2D eigenvalue weighted by atomic mass is 35.5. The Morgan fingerprint density at radius 1 is 0.921 bits per heavy atom. The van der Waals surface area contributed by atoms with Crippen LogP contribution in [0.25, 0.3) is 5.57 Å². The van der Waals surface area contributed by atoms with E-state index in [0.717, 1.165) is 9.79 Å². The molecule has 1 aliphatic heterocycles. The predicted molar refractivity (Wildman–Crippen MR) is 156 cm³/mol. The van der Waals surface area contributed by atoms with Crippen molar-refractivity contribution >= 4 is 56.2 Å². The number of sulfonamides is 1. The molecule has 38 heavy (non-hydrogen) atoms. The van der Waals surface area contributed by atoms with Crippen molar-refractivity contribution in [2.24, 2.45) is 0 Å². The lowest BCUT2D eigenvalue weighted by atomic mass is 9.95. The van der Waals surface area contributed by atoms with E-state index in [9.17, 15) is 13.2 Å². The summed E-state index contributed by atoms with van der Waals surface area (Å²) in [6, 6.07) is 31.0. The van der Waals surface area contributed by atoms with Gasteiger partial charge in [-0.1, -0.05) is 90.1 Å². The fourth-order valence-corrected chi connectivity index (χ4v) is 7.11. The normalized spacial score (nSPS) is 14.1. The molecule has 0 aromatic heterocycles. The minimum absolute atomic E-state index is 0.00371.